The summed E-state index contributed by atoms with van der Waals surface area (Å²) in [5.74, 6) is 0.660. The van der Waals surface area contributed by atoms with Gasteiger partial charge in [-0.1, -0.05) is 49.4 Å². The fraction of sp³-hybridized carbons (Fsp3) is 0.467. The van der Waals surface area contributed by atoms with E-state index >= 15 is 0 Å². The van der Waals surface area contributed by atoms with Crippen LogP contribution >= 0.6 is 0 Å². The van der Waals surface area contributed by atoms with Crippen molar-refractivity contribution in [2.45, 2.75) is 33.4 Å². The molecular formula is C15H22N4. The van der Waals surface area contributed by atoms with E-state index < -0.39 is 0 Å². The molecule has 0 aliphatic carbocycles. The van der Waals surface area contributed by atoms with E-state index in [1.807, 2.05) is 16.9 Å². The number of hydrogen-bond acceptors (Lipinski definition) is 3. The molecule has 2 rings (SSSR count). The predicted molar refractivity (Wildman–Crippen MR) is 76.7 cm³/mol. The van der Waals surface area contributed by atoms with Gasteiger partial charge in [0, 0.05) is 19.3 Å². The summed E-state index contributed by atoms with van der Waals surface area (Å²) in [4.78, 5) is 0. The molecule has 1 N–H and O–H groups in total. The maximum atomic E-state index is 4.18. The van der Waals surface area contributed by atoms with Crippen LogP contribution in [-0.2, 0) is 19.5 Å². The van der Waals surface area contributed by atoms with Crippen LogP contribution in [0.25, 0.3) is 0 Å². The molecular weight excluding hydrogens is 236 g/mol. The van der Waals surface area contributed by atoms with E-state index in [9.17, 15) is 0 Å². The summed E-state index contributed by atoms with van der Waals surface area (Å²) in [5.41, 5.74) is 2.34. The second kappa shape index (κ2) is 7.04. The zero-order valence-electron chi connectivity index (χ0n) is 11.7. The standard InChI is InChI=1S/C15H22N4/c1-13(2)10-16-11-15-12-19(18-17-15)9-8-14-6-4-3-5-7-14/h3-7,12-13,16H,8-11H2,1-2H3. The predicted octanol–water partition coefficient (Wildman–Crippen LogP) is 2.27. The van der Waals surface area contributed by atoms with Crippen molar-refractivity contribution in [2.75, 3.05) is 6.54 Å². The fourth-order valence-electron chi connectivity index (χ4n) is 1.91. The minimum Gasteiger partial charge on any atom is -0.311 e. The van der Waals surface area contributed by atoms with Gasteiger partial charge in [-0.15, -0.1) is 5.10 Å². The smallest absolute Gasteiger partial charge is 0.0964 e. The Morgan fingerprint density at radius 1 is 1.21 bits per heavy atom. The second-order valence-corrected chi connectivity index (χ2v) is 5.23. The van der Waals surface area contributed by atoms with Crippen molar-refractivity contribution < 1.29 is 0 Å². The van der Waals surface area contributed by atoms with E-state index in [2.05, 4.69) is 53.7 Å². The van der Waals surface area contributed by atoms with E-state index in [0.29, 0.717) is 5.92 Å². The van der Waals surface area contributed by atoms with Crippen molar-refractivity contribution in [3.05, 3.63) is 47.8 Å². The van der Waals surface area contributed by atoms with Crippen molar-refractivity contribution >= 4 is 0 Å². The third kappa shape index (κ3) is 4.83. The van der Waals surface area contributed by atoms with Gasteiger partial charge in [-0.25, -0.2) is 0 Å². The van der Waals surface area contributed by atoms with E-state index in [1.165, 1.54) is 5.56 Å². The molecule has 0 aliphatic rings. The maximum absolute atomic E-state index is 4.18. The molecule has 0 bridgehead atoms. The molecule has 0 spiro atoms. The molecule has 2 aromatic rings. The first-order chi connectivity index (χ1) is 9.24. The lowest BCUT2D eigenvalue weighted by Crippen LogP contribution is -2.19. The van der Waals surface area contributed by atoms with Crippen molar-refractivity contribution in [1.82, 2.24) is 20.3 Å². The molecule has 0 saturated carbocycles. The van der Waals surface area contributed by atoms with Gasteiger partial charge >= 0.3 is 0 Å². The van der Waals surface area contributed by atoms with Crippen LogP contribution < -0.4 is 5.32 Å². The van der Waals surface area contributed by atoms with Crippen molar-refractivity contribution in [2.24, 2.45) is 5.92 Å². The first kappa shape index (κ1) is 13.7. The van der Waals surface area contributed by atoms with Crippen LogP contribution in [0.2, 0.25) is 0 Å². The molecule has 1 heterocycles. The first-order valence-electron chi connectivity index (χ1n) is 6.87. The monoisotopic (exact) mass is 258 g/mol. The summed E-state index contributed by atoms with van der Waals surface area (Å²) >= 11 is 0. The van der Waals surface area contributed by atoms with E-state index in [4.69, 9.17) is 0 Å². The Hall–Kier alpha value is -1.68. The van der Waals surface area contributed by atoms with E-state index in [-0.39, 0.29) is 0 Å². The lowest BCUT2D eigenvalue weighted by atomic mass is 10.1. The molecule has 1 aromatic carbocycles. The number of hydrogen-bond donors (Lipinski definition) is 1. The molecule has 0 unspecified atom stereocenters. The summed E-state index contributed by atoms with van der Waals surface area (Å²) in [6.45, 7) is 7.08. The normalized spacial score (nSPS) is 11.1. The van der Waals surface area contributed by atoms with Gasteiger partial charge in [0.25, 0.3) is 0 Å². The molecule has 1 aromatic heterocycles. The third-order valence-corrected chi connectivity index (χ3v) is 2.92. The van der Waals surface area contributed by atoms with Crippen LogP contribution in [0, 0.1) is 5.92 Å². The van der Waals surface area contributed by atoms with Crippen LogP contribution in [0.3, 0.4) is 0 Å². The molecule has 19 heavy (non-hydrogen) atoms. The highest BCUT2D eigenvalue weighted by Crippen LogP contribution is 2.02. The van der Waals surface area contributed by atoms with Crippen molar-refractivity contribution in [1.29, 1.82) is 0 Å². The minimum atomic E-state index is 0.660. The molecule has 0 radical (unpaired) electrons. The Morgan fingerprint density at radius 3 is 2.74 bits per heavy atom. The van der Waals surface area contributed by atoms with Gasteiger partial charge in [0.2, 0.25) is 0 Å². The maximum Gasteiger partial charge on any atom is 0.0964 e. The molecule has 102 valence electrons. The molecule has 4 nitrogen and oxygen atoms in total. The topological polar surface area (TPSA) is 42.7 Å². The number of aromatic nitrogens is 3. The summed E-state index contributed by atoms with van der Waals surface area (Å²) < 4.78 is 1.92. The number of aryl methyl sites for hydroxylation is 2. The molecule has 0 amide bonds. The Morgan fingerprint density at radius 2 is 2.00 bits per heavy atom. The van der Waals surface area contributed by atoms with Crippen LogP contribution in [0.4, 0.5) is 0 Å². The van der Waals surface area contributed by atoms with Crippen LogP contribution in [0.5, 0.6) is 0 Å². The van der Waals surface area contributed by atoms with Crippen LogP contribution in [0.15, 0.2) is 36.5 Å². The highest BCUT2D eigenvalue weighted by Gasteiger charge is 2.01. The Labute approximate surface area is 114 Å². The zero-order valence-corrected chi connectivity index (χ0v) is 11.7. The van der Waals surface area contributed by atoms with Crippen LogP contribution in [0.1, 0.15) is 25.1 Å². The molecule has 4 heteroatoms. The third-order valence-electron chi connectivity index (χ3n) is 2.92. The number of nitrogens with zero attached hydrogens (tertiary/aromatic N) is 3. The molecule has 0 fully saturated rings. The summed E-state index contributed by atoms with van der Waals surface area (Å²) in [6, 6.07) is 10.5. The van der Waals surface area contributed by atoms with E-state index in [1.54, 1.807) is 0 Å². The number of nitrogens with one attached hydrogen (secondary N) is 1. The fourth-order valence-corrected chi connectivity index (χ4v) is 1.91. The number of rotatable bonds is 7. The van der Waals surface area contributed by atoms with Gasteiger partial charge in [0.15, 0.2) is 0 Å². The number of benzene rings is 1. The summed E-state index contributed by atoms with van der Waals surface area (Å²) in [5, 5.41) is 11.7. The van der Waals surface area contributed by atoms with Gasteiger partial charge in [0.05, 0.1) is 5.69 Å². The van der Waals surface area contributed by atoms with Crippen molar-refractivity contribution in [3.63, 3.8) is 0 Å². The van der Waals surface area contributed by atoms with Crippen LogP contribution in [-0.4, -0.2) is 21.5 Å². The molecule has 0 aliphatic heterocycles. The second-order valence-electron chi connectivity index (χ2n) is 5.23. The van der Waals surface area contributed by atoms with Gasteiger partial charge in [0.1, 0.15) is 0 Å². The van der Waals surface area contributed by atoms with Crippen molar-refractivity contribution in [3.8, 4) is 0 Å². The minimum absolute atomic E-state index is 0.660. The lowest BCUT2D eigenvalue weighted by molar-refractivity contribution is 0.547. The van der Waals surface area contributed by atoms with Gasteiger partial charge in [-0.2, -0.15) is 0 Å². The van der Waals surface area contributed by atoms with Gasteiger partial charge < -0.3 is 5.32 Å². The average molecular weight is 258 g/mol. The molecule has 0 atom stereocenters. The Balaban J connectivity index is 1.77. The largest absolute Gasteiger partial charge is 0.311 e. The summed E-state index contributed by atoms with van der Waals surface area (Å²) in [7, 11) is 0. The average Bonchev–Trinajstić information content (AvgIpc) is 2.85. The highest BCUT2D eigenvalue weighted by molar-refractivity contribution is 5.14. The first-order valence-corrected chi connectivity index (χ1v) is 6.87. The van der Waals surface area contributed by atoms with E-state index in [0.717, 1.165) is 31.7 Å². The van der Waals surface area contributed by atoms with Gasteiger partial charge in [-0.3, -0.25) is 4.68 Å². The summed E-state index contributed by atoms with van der Waals surface area (Å²) in [6.07, 6.45) is 3.01. The SMILES string of the molecule is CC(C)CNCc1cn(CCc2ccccc2)nn1. The van der Waals surface area contributed by atoms with Gasteiger partial charge in [-0.05, 0) is 24.4 Å². The Bertz CT molecular complexity index is 476. The molecule has 0 saturated heterocycles. The zero-order chi connectivity index (χ0) is 13.5. The Kier molecular flexibility index (Phi) is 5.10. The highest BCUT2D eigenvalue weighted by atomic mass is 15.4. The quantitative estimate of drug-likeness (QED) is 0.828. The lowest BCUT2D eigenvalue weighted by Gasteiger charge is -2.04.